The third-order valence-corrected chi connectivity index (χ3v) is 3.20. The highest BCUT2D eigenvalue weighted by atomic mass is 16.5. The van der Waals surface area contributed by atoms with Crippen molar-refractivity contribution in [1.82, 2.24) is 0 Å². The summed E-state index contributed by atoms with van der Waals surface area (Å²) in [4.78, 5) is 12.4. The topological polar surface area (TPSA) is 38.3 Å². The number of carbonyl (C=O) groups is 1. The molecule has 0 aliphatic carbocycles. The Kier molecular flexibility index (Phi) is 4.53. The number of benzene rings is 2. The third kappa shape index (κ3) is 3.25. The van der Waals surface area contributed by atoms with Crippen LogP contribution in [0.4, 0.5) is 5.69 Å². The first-order chi connectivity index (χ1) is 9.61. The standard InChI is InChI=1S/C17H19NO2/c1-12-8-9-13(2)15(10-12)17(19)18-16-7-5-4-6-14(16)11-20-3/h4-10H,11H2,1-3H3,(H,18,19). The lowest BCUT2D eigenvalue weighted by molar-refractivity contribution is 0.102. The summed E-state index contributed by atoms with van der Waals surface area (Å²) in [5.41, 5.74) is 4.51. The second kappa shape index (κ2) is 6.35. The summed E-state index contributed by atoms with van der Waals surface area (Å²) in [7, 11) is 1.64. The first kappa shape index (κ1) is 14.3. The van der Waals surface area contributed by atoms with E-state index in [0.717, 1.165) is 22.4 Å². The van der Waals surface area contributed by atoms with Crippen LogP contribution in [0.15, 0.2) is 42.5 Å². The van der Waals surface area contributed by atoms with Crippen LogP contribution in [0.1, 0.15) is 27.0 Å². The molecule has 0 aliphatic heterocycles. The molecule has 20 heavy (non-hydrogen) atoms. The van der Waals surface area contributed by atoms with Gasteiger partial charge < -0.3 is 10.1 Å². The molecule has 0 aromatic heterocycles. The maximum atomic E-state index is 12.4. The van der Waals surface area contributed by atoms with Gasteiger partial charge in [-0.15, -0.1) is 0 Å². The molecule has 2 aromatic rings. The van der Waals surface area contributed by atoms with E-state index >= 15 is 0 Å². The van der Waals surface area contributed by atoms with Gasteiger partial charge in [0.1, 0.15) is 0 Å². The molecule has 3 nitrogen and oxygen atoms in total. The van der Waals surface area contributed by atoms with Crippen molar-refractivity contribution < 1.29 is 9.53 Å². The van der Waals surface area contributed by atoms with Gasteiger partial charge in [0.2, 0.25) is 0 Å². The maximum Gasteiger partial charge on any atom is 0.255 e. The number of anilines is 1. The van der Waals surface area contributed by atoms with Crippen molar-refractivity contribution in [2.45, 2.75) is 20.5 Å². The molecule has 2 aromatic carbocycles. The van der Waals surface area contributed by atoms with Crippen LogP contribution in [0.3, 0.4) is 0 Å². The molecule has 0 unspecified atom stereocenters. The minimum absolute atomic E-state index is 0.0882. The zero-order chi connectivity index (χ0) is 14.5. The predicted molar refractivity (Wildman–Crippen MR) is 81.0 cm³/mol. The first-order valence-electron chi connectivity index (χ1n) is 6.57. The van der Waals surface area contributed by atoms with Gasteiger partial charge in [-0.1, -0.05) is 35.9 Å². The normalized spacial score (nSPS) is 10.3. The van der Waals surface area contributed by atoms with Crippen molar-refractivity contribution in [3.8, 4) is 0 Å². The summed E-state index contributed by atoms with van der Waals surface area (Å²) in [6.07, 6.45) is 0. The first-order valence-corrected chi connectivity index (χ1v) is 6.57. The summed E-state index contributed by atoms with van der Waals surface area (Å²) in [5, 5.41) is 2.96. The fourth-order valence-corrected chi connectivity index (χ4v) is 2.09. The van der Waals surface area contributed by atoms with Crippen LogP contribution in [0.5, 0.6) is 0 Å². The highest BCUT2D eigenvalue weighted by molar-refractivity contribution is 6.05. The highest BCUT2D eigenvalue weighted by Gasteiger charge is 2.11. The van der Waals surface area contributed by atoms with Gasteiger partial charge in [0.15, 0.2) is 0 Å². The number of carbonyl (C=O) groups excluding carboxylic acids is 1. The van der Waals surface area contributed by atoms with E-state index < -0.39 is 0 Å². The van der Waals surface area contributed by atoms with Crippen LogP contribution in [-0.4, -0.2) is 13.0 Å². The molecule has 104 valence electrons. The molecule has 0 fully saturated rings. The van der Waals surface area contributed by atoms with Crippen molar-refractivity contribution in [3.63, 3.8) is 0 Å². The van der Waals surface area contributed by atoms with Crippen LogP contribution >= 0.6 is 0 Å². The highest BCUT2D eigenvalue weighted by Crippen LogP contribution is 2.18. The van der Waals surface area contributed by atoms with E-state index in [1.165, 1.54) is 0 Å². The Balaban J connectivity index is 2.26. The Hall–Kier alpha value is -2.13. The Labute approximate surface area is 119 Å². The molecule has 0 atom stereocenters. The van der Waals surface area contributed by atoms with E-state index in [4.69, 9.17) is 4.74 Å². The average molecular weight is 269 g/mol. The molecule has 0 spiro atoms. The molecular formula is C17H19NO2. The van der Waals surface area contributed by atoms with Gasteiger partial charge in [0.05, 0.1) is 6.61 Å². The zero-order valence-corrected chi connectivity index (χ0v) is 12.1. The van der Waals surface area contributed by atoms with Crippen LogP contribution in [0, 0.1) is 13.8 Å². The molecule has 0 saturated carbocycles. The minimum Gasteiger partial charge on any atom is -0.380 e. The fourth-order valence-electron chi connectivity index (χ4n) is 2.09. The molecule has 0 saturated heterocycles. The van der Waals surface area contributed by atoms with Gasteiger partial charge in [-0.25, -0.2) is 0 Å². The van der Waals surface area contributed by atoms with E-state index in [-0.39, 0.29) is 5.91 Å². The summed E-state index contributed by atoms with van der Waals surface area (Å²) in [6.45, 7) is 4.40. The van der Waals surface area contributed by atoms with Gasteiger partial charge in [0.25, 0.3) is 5.91 Å². The molecule has 3 heteroatoms. The van der Waals surface area contributed by atoms with Crippen LogP contribution < -0.4 is 5.32 Å². The molecular weight excluding hydrogens is 250 g/mol. The second-order valence-corrected chi connectivity index (χ2v) is 4.86. The largest absolute Gasteiger partial charge is 0.380 e. The number of methoxy groups -OCH3 is 1. The lowest BCUT2D eigenvalue weighted by Crippen LogP contribution is -2.15. The van der Waals surface area contributed by atoms with Gasteiger partial charge in [-0.2, -0.15) is 0 Å². The van der Waals surface area contributed by atoms with Gasteiger partial charge in [0, 0.05) is 23.9 Å². The number of ether oxygens (including phenoxy) is 1. The Morgan fingerprint density at radius 3 is 2.65 bits per heavy atom. The predicted octanol–water partition coefficient (Wildman–Crippen LogP) is 3.70. The monoisotopic (exact) mass is 269 g/mol. The number of amides is 1. The minimum atomic E-state index is -0.0882. The summed E-state index contributed by atoms with van der Waals surface area (Å²) >= 11 is 0. The third-order valence-electron chi connectivity index (χ3n) is 3.20. The molecule has 1 amide bonds. The van der Waals surface area contributed by atoms with E-state index in [1.54, 1.807) is 7.11 Å². The Bertz CT molecular complexity index is 620. The molecule has 0 heterocycles. The van der Waals surface area contributed by atoms with Gasteiger partial charge in [-0.3, -0.25) is 4.79 Å². The lowest BCUT2D eigenvalue weighted by atomic mass is 10.0. The zero-order valence-electron chi connectivity index (χ0n) is 12.1. The number of para-hydroxylation sites is 1. The molecule has 0 aliphatic rings. The van der Waals surface area contributed by atoms with Gasteiger partial charge in [-0.05, 0) is 31.5 Å². The SMILES string of the molecule is COCc1ccccc1NC(=O)c1cc(C)ccc1C. The molecule has 0 bridgehead atoms. The van der Waals surface area contributed by atoms with Gasteiger partial charge >= 0.3 is 0 Å². The Morgan fingerprint density at radius 2 is 1.90 bits per heavy atom. The fraction of sp³-hybridized carbons (Fsp3) is 0.235. The van der Waals surface area contributed by atoms with Crippen molar-refractivity contribution in [2.24, 2.45) is 0 Å². The van der Waals surface area contributed by atoms with E-state index in [9.17, 15) is 4.79 Å². The molecule has 1 N–H and O–H groups in total. The van der Waals surface area contributed by atoms with E-state index in [1.807, 2.05) is 56.3 Å². The smallest absolute Gasteiger partial charge is 0.255 e. The quantitative estimate of drug-likeness (QED) is 0.919. The number of nitrogens with one attached hydrogen (secondary N) is 1. The Morgan fingerprint density at radius 1 is 1.15 bits per heavy atom. The summed E-state index contributed by atoms with van der Waals surface area (Å²) in [6, 6.07) is 13.5. The molecule has 0 radical (unpaired) electrons. The second-order valence-electron chi connectivity index (χ2n) is 4.86. The van der Waals surface area contributed by atoms with Crippen molar-refractivity contribution in [2.75, 3.05) is 12.4 Å². The molecule has 2 rings (SSSR count). The van der Waals surface area contributed by atoms with E-state index in [0.29, 0.717) is 12.2 Å². The van der Waals surface area contributed by atoms with Crippen molar-refractivity contribution in [1.29, 1.82) is 0 Å². The summed E-state index contributed by atoms with van der Waals surface area (Å²) < 4.78 is 5.15. The van der Waals surface area contributed by atoms with Crippen molar-refractivity contribution in [3.05, 3.63) is 64.7 Å². The summed E-state index contributed by atoms with van der Waals surface area (Å²) in [5.74, 6) is -0.0882. The van der Waals surface area contributed by atoms with Crippen LogP contribution in [0.25, 0.3) is 0 Å². The lowest BCUT2D eigenvalue weighted by Gasteiger charge is -2.12. The number of hydrogen-bond donors (Lipinski definition) is 1. The van der Waals surface area contributed by atoms with Crippen LogP contribution in [0.2, 0.25) is 0 Å². The van der Waals surface area contributed by atoms with Crippen molar-refractivity contribution >= 4 is 11.6 Å². The average Bonchev–Trinajstić information content (AvgIpc) is 2.44. The number of rotatable bonds is 4. The number of hydrogen-bond acceptors (Lipinski definition) is 2. The van der Waals surface area contributed by atoms with Crippen LogP contribution in [-0.2, 0) is 11.3 Å². The van der Waals surface area contributed by atoms with E-state index in [2.05, 4.69) is 5.32 Å². The maximum absolute atomic E-state index is 12.4. The number of aryl methyl sites for hydroxylation is 2.